The first kappa shape index (κ1) is 13.4. The Labute approximate surface area is 86.4 Å². The summed E-state index contributed by atoms with van der Waals surface area (Å²) in [5.41, 5.74) is -0.318. The van der Waals surface area contributed by atoms with Crippen LogP contribution in [0.15, 0.2) is 0 Å². The lowest BCUT2D eigenvalue weighted by Gasteiger charge is -2.14. The lowest BCUT2D eigenvalue weighted by molar-refractivity contribution is -0.138. The summed E-state index contributed by atoms with van der Waals surface area (Å²) in [4.78, 5) is 9.60. The molecule has 1 aliphatic rings. The van der Waals surface area contributed by atoms with Crippen molar-refractivity contribution in [2.24, 2.45) is 0 Å². The predicted octanol–water partition coefficient (Wildman–Crippen LogP) is 0.527. The van der Waals surface area contributed by atoms with Gasteiger partial charge in [-0.05, 0) is 40.3 Å². The van der Waals surface area contributed by atoms with Gasteiger partial charge in [0.1, 0.15) is 5.60 Å². The van der Waals surface area contributed by atoms with E-state index in [4.69, 9.17) is 0 Å². The van der Waals surface area contributed by atoms with Crippen LogP contribution in [-0.4, -0.2) is 38.3 Å². The van der Waals surface area contributed by atoms with E-state index in [1.807, 2.05) is 20.8 Å². The van der Waals surface area contributed by atoms with Gasteiger partial charge in [-0.2, -0.15) is 0 Å². The third kappa shape index (κ3) is 11.4. The highest BCUT2D eigenvalue weighted by Crippen LogP contribution is 2.02. The molecule has 4 heteroatoms. The average Bonchev–Trinajstić information content (AvgIpc) is 2.32. The maximum absolute atomic E-state index is 9.60. The molecule has 0 aromatic heterocycles. The maximum atomic E-state index is 9.60. The Morgan fingerprint density at radius 3 is 1.86 bits per heavy atom. The molecule has 0 bridgehead atoms. The second-order valence-corrected chi connectivity index (χ2v) is 4.18. The van der Waals surface area contributed by atoms with Gasteiger partial charge in [0.2, 0.25) is 0 Å². The minimum Gasteiger partial charge on any atom is -0.462 e. The molecule has 0 aliphatic carbocycles. The van der Waals surface area contributed by atoms with Crippen molar-refractivity contribution in [2.45, 2.75) is 32.8 Å². The predicted molar refractivity (Wildman–Crippen MR) is 57.3 cm³/mol. The standard InChI is InChI=1S/C5H12N2.C5H10O2/c1-2-6-4-5-7-3-1;1-5(2,3)7-4-6/h6-7H,1-5H2;4H,1-3H3. The molecule has 0 saturated carbocycles. The topological polar surface area (TPSA) is 50.4 Å². The van der Waals surface area contributed by atoms with E-state index in [-0.39, 0.29) is 5.60 Å². The van der Waals surface area contributed by atoms with Crippen LogP contribution in [0.3, 0.4) is 0 Å². The summed E-state index contributed by atoms with van der Waals surface area (Å²) in [7, 11) is 0. The molecule has 0 aromatic carbocycles. The molecule has 0 amide bonds. The van der Waals surface area contributed by atoms with Crippen molar-refractivity contribution in [3.8, 4) is 0 Å². The second-order valence-electron chi connectivity index (χ2n) is 4.18. The van der Waals surface area contributed by atoms with E-state index in [0.717, 1.165) is 13.1 Å². The van der Waals surface area contributed by atoms with Gasteiger partial charge >= 0.3 is 0 Å². The summed E-state index contributed by atoms with van der Waals surface area (Å²) in [5, 5.41) is 6.57. The molecular formula is C10H22N2O2. The van der Waals surface area contributed by atoms with Gasteiger partial charge in [0, 0.05) is 13.1 Å². The lowest BCUT2D eigenvalue weighted by atomic mass is 10.2. The molecule has 1 aliphatic heterocycles. The molecule has 0 unspecified atom stereocenters. The fraction of sp³-hybridized carbons (Fsp3) is 0.900. The molecule has 0 atom stereocenters. The van der Waals surface area contributed by atoms with Gasteiger partial charge in [-0.1, -0.05) is 0 Å². The van der Waals surface area contributed by atoms with Crippen molar-refractivity contribution in [2.75, 3.05) is 26.2 Å². The fourth-order valence-corrected chi connectivity index (χ4v) is 0.910. The molecule has 84 valence electrons. The number of carbonyl (C=O) groups is 1. The van der Waals surface area contributed by atoms with Gasteiger partial charge in [0.05, 0.1) is 0 Å². The van der Waals surface area contributed by atoms with Crippen LogP contribution in [0.5, 0.6) is 0 Å². The number of carbonyl (C=O) groups excluding carboxylic acids is 1. The highest BCUT2D eigenvalue weighted by Gasteiger charge is 2.07. The van der Waals surface area contributed by atoms with Gasteiger partial charge in [-0.25, -0.2) is 0 Å². The summed E-state index contributed by atoms with van der Waals surface area (Å²) < 4.78 is 4.55. The third-order valence-electron chi connectivity index (χ3n) is 1.59. The van der Waals surface area contributed by atoms with E-state index in [2.05, 4.69) is 15.4 Å². The smallest absolute Gasteiger partial charge is 0.293 e. The first-order valence-electron chi connectivity index (χ1n) is 5.09. The Morgan fingerprint density at radius 2 is 1.57 bits per heavy atom. The molecule has 4 nitrogen and oxygen atoms in total. The Balaban J connectivity index is 0.000000241. The second kappa shape index (κ2) is 7.76. The third-order valence-corrected chi connectivity index (χ3v) is 1.59. The molecule has 14 heavy (non-hydrogen) atoms. The highest BCUT2D eigenvalue weighted by atomic mass is 16.5. The molecule has 1 rings (SSSR count). The maximum Gasteiger partial charge on any atom is 0.293 e. The zero-order valence-corrected chi connectivity index (χ0v) is 9.43. The van der Waals surface area contributed by atoms with Crippen molar-refractivity contribution in [1.29, 1.82) is 0 Å². The van der Waals surface area contributed by atoms with Crippen LogP contribution < -0.4 is 10.6 Å². The van der Waals surface area contributed by atoms with Crippen molar-refractivity contribution in [1.82, 2.24) is 10.6 Å². The minimum absolute atomic E-state index is 0.318. The Bertz CT molecular complexity index is 124. The van der Waals surface area contributed by atoms with Crippen LogP contribution in [0.25, 0.3) is 0 Å². The summed E-state index contributed by atoms with van der Waals surface area (Å²) in [6, 6.07) is 0. The van der Waals surface area contributed by atoms with Crippen LogP contribution in [0.2, 0.25) is 0 Å². The number of hydrogen-bond acceptors (Lipinski definition) is 4. The monoisotopic (exact) mass is 202 g/mol. The van der Waals surface area contributed by atoms with Crippen LogP contribution in [0.4, 0.5) is 0 Å². The van der Waals surface area contributed by atoms with E-state index in [1.165, 1.54) is 19.5 Å². The molecular weight excluding hydrogens is 180 g/mol. The fourth-order valence-electron chi connectivity index (χ4n) is 0.910. The molecule has 2 N–H and O–H groups in total. The van der Waals surface area contributed by atoms with E-state index < -0.39 is 0 Å². The first-order valence-corrected chi connectivity index (χ1v) is 5.09. The number of rotatable bonds is 1. The average molecular weight is 202 g/mol. The van der Waals surface area contributed by atoms with Gasteiger partial charge in [-0.3, -0.25) is 4.79 Å². The Hall–Kier alpha value is -0.610. The van der Waals surface area contributed by atoms with Gasteiger partial charge in [0.15, 0.2) is 0 Å². The molecule has 0 aromatic rings. The van der Waals surface area contributed by atoms with Crippen LogP contribution in [0.1, 0.15) is 27.2 Å². The van der Waals surface area contributed by atoms with Crippen molar-refractivity contribution in [3.05, 3.63) is 0 Å². The Morgan fingerprint density at radius 1 is 1.07 bits per heavy atom. The first-order chi connectivity index (χ1) is 6.56. The van der Waals surface area contributed by atoms with Gasteiger partial charge < -0.3 is 15.4 Å². The van der Waals surface area contributed by atoms with Crippen LogP contribution in [0, 0.1) is 0 Å². The molecule has 0 spiro atoms. The largest absolute Gasteiger partial charge is 0.462 e. The van der Waals surface area contributed by atoms with Crippen LogP contribution >= 0.6 is 0 Å². The number of nitrogens with one attached hydrogen (secondary N) is 2. The van der Waals surface area contributed by atoms with E-state index in [0.29, 0.717) is 6.47 Å². The van der Waals surface area contributed by atoms with E-state index in [1.54, 1.807) is 0 Å². The molecule has 0 radical (unpaired) electrons. The minimum atomic E-state index is -0.318. The molecule has 1 saturated heterocycles. The summed E-state index contributed by atoms with van der Waals surface area (Å²) in [5.74, 6) is 0. The van der Waals surface area contributed by atoms with Crippen molar-refractivity contribution < 1.29 is 9.53 Å². The van der Waals surface area contributed by atoms with E-state index in [9.17, 15) is 4.79 Å². The number of hydrogen-bond donors (Lipinski definition) is 2. The SMILES string of the molecule is C1CNCCNC1.CC(C)(C)OC=O. The zero-order chi connectivity index (χ0) is 10.9. The Kier molecular flexibility index (Phi) is 7.42. The van der Waals surface area contributed by atoms with Gasteiger partial charge in [0.25, 0.3) is 6.47 Å². The molecule has 1 fully saturated rings. The van der Waals surface area contributed by atoms with E-state index >= 15 is 0 Å². The summed E-state index contributed by atoms with van der Waals surface area (Å²) in [6.45, 7) is 10.6. The van der Waals surface area contributed by atoms with Crippen molar-refractivity contribution >= 4 is 6.47 Å². The highest BCUT2D eigenvalue weighted by molar-refractivity contribution is 5.37. The van der Waals surface area contributed by atoms with Crippen molar-refractivity contribution in [3.63, 3.8) is 0 Å². The van der Waals surface area contributed by atoms with Crippen LogP contribution in [-0.2, 0) is 9.53 Å². The summed E-state index contributed by atoms with van der Waals surface area (Å²) in [6.07, 6.45) is 1.28. The van der Waals surface area contributed by atoms with Gasteiger partial charge in [-0.15, -0.1) is 0 Å². The normalized spacial score (nSPS) is 17.4. The summed E-state index contributed by atoms with van der Waals surface area (Å²) >= 11 is 0. The lowest BCUT2D eigenvalue weighted by Crippen LogP contribution is -2.21. The quantitative estimate of drug-likeness (QED) is 0.609. The number of ether oxygens (including phenoxy) is 1. The molecule has 1 heterocycles. The zero-order valence-electron chi connectivity index (χ0n) is 9.43.